The molecule has 2 unspecified atom stereocenters. The monoisotopic (exact) mass is 295 g/mol. The fourth-order valence-corrected chi connectivity index (χ4v) is 1.96. The molecular formula is C11H17N7OS. The predicted molar refractivity (Wildman–Crippen MR) is 78.0 cm³/mol. The molecule has 0 amide bonds. The molecule has 108 valence electrons. The SMILES string of the molecule is CC(CCNc1nc(N)nc(-n2ccnc2)n1)S(C)=O. The van der Waals surface area contributed by atoms with Gasteiger partial charge in [0.1, 0.15) is 6.33 Å². The highest BCUT2D eigenvalue weighted by atomic mass is 32.2. The van der Waals surface area contributed by atoms with Crippen LogP contribution in [0.5, 0.6) is 0 Å². The molecule has 0 aliphatic heterocycles. The first-order valence-corrected chi connectivity index (χ1v) is 7.74. The Bertz CT molecular complexity index is 586. The van der Waals surface area contributed by atoms with Crippen LogP contribution in [0.1, 0.15) is 13.3 Å². The lowest BCUT2D eigenvalue weighted by Gasteiger charge is -2.10. The van der Waals surface area contributed by atoms with Crippen LogP contribution in [0.15, 0.2) is 18.7 Å². The molecule has 0 fully saturated rings. The van der Waals surface area contributed by atoms with Crippen LogP contribution < -0.4 is 11.1 Å². The van der Waals surface area contributed by atoms with Crippen molar-refractivity contribution >= 4 is 22.7 Å². The Kier molecular flexibility index (Phi) is 4.61. The largest absolute Gasteiger partial charge is 0.368 e. The van der Waals surface area contributed by atoms with E-state index in [0.717, 1.165) is 6.42 Å². The molecule has 2 aromatic rings. The Morgan fingerprint density at radius 1 is 1.45 bits per heavy atom. The van der Waals surface area contributed by atoms with Crippen molar-refractivity contribution in [2.24, 2.45) is 0 Å². The van der Waals surface area contributed by atoms with Crippen LogP contribution in [0.25, 0.3) is 5.95 Å². The molecule has 2 rings (SSSR count). The van der Waals surface area contributed by atoms with Crippen molar-refractivity contribution in [3.8, 4) is 5.95 Å². The molecule has 0 saturated heterocycles. The molecule has 3 N–H and O–H groups in total. The zero-order chi connectivity index (χ0) is 14.5. The molecule has 0 spiro atoms. The Hall–Kier alpha value is -2.03. The third kappa shape index (κ3) is 3.73. The number of nitrogens with two attached hydrogens (primary N) is 1. The first-order chi connectivity index (χ1) is 9.56. The van der Waals surface area contributed by atoms with Gasteiger partial charge < -0.3 is 11.1 Å². The van der Waals surface area contributed by atoms with Gasteiger partial charge in [-0.25, -0.2) is 4.98 Å². The second kappa shape index (κ2) is 6.42. The van der Waals surface area contributed by atoms with Crippen LogP contribution in [0, 0.1) is 0 Å². The third-order valence-electron chi connectivity index (χ3n) is 2.78. The summed E-state index contributed by atoms with van der Waals surface area (Å²) in [7, 11) is -0.832. The third-order valence-corrected chi connectivity index (χ3v) is 4.15. The minimum Gasteiger partial charge on any atom is -0.368 e. The number of nitrogen functional groups attached to an aromatic ring is 1. The van der Waals surface area contributed by atoms with Crippen LogP contribution >= 0.6 is 0 Å². The molecule has 20 heavy (non-hydrogen) atoms. The summed E-state index contributed by atoms with van der Waals surface area (Å²) in [5.41, 5.74) is 5.66. The normalized spacial score (nSPS) is 13.9. The average Bonchev–Trinajstić information content (AvgIpc) is 2.91. The second-order valence-corrected chi connectivity index (χ2v) is 6.11. The Balaban J connectivity index is 2.03. The molecule has 0 radical (unpaired) electrons. The first-order valence-electron chi connectivity index (χ1n) is 6.12. The molecule has 8 nitrogen and oxygen atoms in total. The van der Waals surface area contributed by atoms with Crippen molar-refractivity contribution in [3.63, 3.8) is 0 Å². The van der Waals surface area contributed by atoms with Gasteiger partial charge in [0, 0.05) is 41.2 Å². The van der Waals surface area contributed by atoms with E-state index < -0.39 is 10.8 Å². The fraction of sp³-hybridized carbons (Fsp3) is 0.455. The molecule has 0 saturated carbocycles. The molecule has 2 heterocycles. The van der Waals surface area contributed by atoms with Gasteiger partial charge >= 0.3 is 0 Å². The van der Waals surface area contributed by atoms with Crippen molar-refractivity contribution in [1.82, 2.24) is 24.5 Å². The molecule has 2 aromatic heterocycles. The molecular weight excluding hydrogens is 278 g/mol. The van der Waals surface area contributed by atoms with Crippen LogP contribution in [0.3, 0.4) is 0 Å². The van der Waals surface area contributed by atoms with E-state index >= 15 is 0 Å². The highest BCUT2D eigenvalue weighted by molar-refractivity contribution is 7.84. The number of aromatic nitrogens is 5. The lowest BCUT2D eigenvalue weighted by atomic mass is 10.3. The van der Waals surface area contributed by atoms with Crippen LogP contribution in [-0.4, -0.2) is 46.8 Å². The number of anilines is 2. The maximum atomic E-state index is 11.3. The van der Waals surface area contributed by atoms with E-state index in [1.807, 2.05) is 6.92 Å². The van der Waals surface area contributed by atoms with E-state index in [-0.39, 0.29) is 11.2 Å². The van der Waals surface area contributed by atoms with Gasteiger partial charge in [0.2, 0.25) is 17.8 Å². The highest BCUT2D eigenvalue weighted by Crippen LogP contribution is 2.07. The number of nitrogens with zero attached hydrogens (tertiary/aromatic N) is 5. The molecule has 0 aliphatic carbocycles. The highest BCUT2D eigenvalue weighted by Gasteiger charge is 2.08. The van der Waals surface area contributed by atoms with E-state index in [2.05, 4.69) is 25.3 Å². The molecule has 0 aliphatic rings. The maximum absolute atomic E-state index is 11.3. The van der Waals surface area contributed by atoms with Gasteiger partial charge in [-0.3, -0.25) is 8.78 Å². The summed E-state index contributed by atoms with van der Waals surface area (Å²) >= 11 is 0. The molecule has 2 atom stereocenters. The zero-order valence-electron chi connectivity index (χ0n) is 11.4. The average molecular weight is 295 g/mol. The van der Waals surface area contributed by atoms with E-state index in [9.17, 15) is 4.21 Å². The molecule has 0 bridgehead atoms. The minimum absolute atomic E-state index is 0.120. The van der Waals surface area contributed by atoms with Gasteiger partial charge in [-0.05, 0) is 6.42 Å². The van der Waals surface area contributed by atoms with Crippen LogP contribution in [0.2, 0.25) is 0 Å². The van der Waals surface area contributed by atoms with Crippen molar-refractivity contribution in [2.45, 2.75) is 18.6 Å². The Morgan fingerprint density at radius 3 is 2.90 bits per heavy atom. The zero-order valence-corrected chi connectivity index (χ0v) is 12.2. The van der Waals surface area contributed by atoms with Gasteiger partial charge in [0.05, 0.1) is 0 Å². The standard InChI is InChI=1S/C11H17N7OS/c1-8(20(2)19)3-4-14-10-15-9(12)16-11(17-10)18-6-5-13-7-18/h5-8H,3-4H2,1-2H3,(H3,12,14,15,16,17). The summed E-state index contributed by atoms with van der Waals surface area (Å²) in [6, 6.07) is 0. The van der Waals surface area contributed by atoms with Gasteiger partial charge in [0.25, 0.3) is 0 Å². The lowest BCUT2D eigenvalue weighted by molar-refractivity contribution is 0.672. The van der Waals surface area contributed by atoms with Crippen molar-refractivity contribution in [3.05, 3.63) is 18.7 Å². The summed E-state index contributed by atoms with van der Waals surface area (Å²) in [5, 5.41) is 3.18. The van der Waals surface area contributed by atoms with Gasteiger partial charge in [0.15, 0.2) is 0 Å². The van der Waals surface area contributed by atoms with Crippen molar-refractivity contribution in [2.75, 3.05) is 23.9 Å². The number of nitrogens with one attached hydrogen (secondary N) is 1. The van der Waals surface area contributed by atoms with E-state index in [4.69, 9.17) is 5.73 Å². The van der Waals surface area contributed by atoms with Crippen molar-refractivity contribution in [1.29, 1.82) is 0 Å². The van der Waals surface area contributed by atoms with Crippen LogP contribution in [-0.2, 0) is 10.8 Å². The number of imidazole rings is 1. The van der Waals surface area contributed by atoms with Gasteiger partial charge in [-0.15, -0.1) is 0 Å². The van der Waals surface area contributed by atoms with E-state index in [1.165, 1.54) is 0 Å². The Morgan fingerprint density at radius 2 is 2.25 bits per heavy atom. The lowest BCUT2D eigenvalue weighted by Crippen LogP contribution is -2.17. The predicted octanol–water partition coefficient (Wildman–Crippen LogP) is 0.208. The van der Waals surface area contributed by atoms with Gasteiger partial charge in [-0.2, -0.15) is 15.0 Å². The maximum Gasteiger partial charge on any atom is 0.241 e. The fourth-order valence-electron chi connectivity index (χ4n) is 1.51. The first kappa shape index (κ1) is 14.4. The smallest absolute Gasteiger partial charge is 0.241 e. The topological polar surface area (TPSA) is 112 Å². The van der Waals surface area contributed by atoms with E-state index in [1.54, 1.807) is 29.5 Å². The van der Waals surface area contributed by atoms with Gasteiger partial charge in [-0.1, -0.05) is 6.92 Å². The van der Waals surface area contributed by atoms with Crippen molar-refractivity contribution < 1.29 is 4.21 Å². The molecule has 0 aromatic carbocycles. The number of rotatable bonds is 6. The summed E-state index contributed by atoms with van der Waals surface area (Å²) < 4.78 is 12.9. The summed E-state index contributed by atoms with van der Waals surface area (Å²) in [5.74, 6) is 0.943. The number of hydrogen-bond acceptors (Lipinski definition) is 7. The second-order valence-electron chi connectivity index (χ2n) is 4.31. The quantitative estimate of drug-likeness (QED) is 0.783. The summed E-state index contributed by atoms with van der Waals surface area (Å²) in [6.45, 7) is 2.56. The molecule has 9 heteroatoms. The number of hydrogen-bond donors (Lipinski definition) is 2. The van der Waals surface area contributed by atoms with Crippen LogP contribution in [0.4, 0.5) is 11.9 Å². The summed E-state index contributed by atoms with van der Waals surface area (Å²) in [6.07, 6.45) is 7.39. The van der Waals surface area contributed by atoms with E-state index in [0.29, 0.717) is 18.4 Å². The summed E-state index contributed by atoms with van der Waals surface area (Å²) in [4.78, 5) is 16.2. The minimum atomic E-state index is -0.832. The Labute approximate surface area is 119 Å².